The van der Waals surface area contributed by atoms with Gasteiger partial charge in [0.2, 0.25) is 11.7 Å². The number of nitrogens with zero attached hydrogens (tertiary/aromatic N) is 2. The minimum absolute atomic E-state index is 0.0314. The summed E-state index contributed by atoms with van der Waals surface area (Å²) in [7, 11) is 3.14. The van der Waals surface area contributed by atoms with E-state index in [-0.39, 0.29) is 5.82 Å². The van der Waals surface area contributed by atoms with Gasteiger partial charge in [0.05, 0.1) is 7.11 Å². The number of hydrogen-bond acceptors (Lipinski definition) is 6. The van der Waals surface area contributed by atoms with Crippen molar-refractivity contribution in [2.45, 2.75) is 6.54 Å². The molecule has 2 aromatic rings. The van der Waals surface area contributed by atoms with Gasteiger partial charge < -0.3 is 14.8 Å². The van der Waals surface area contributed by atoms with Crippen molar-refractivity contribution < 1.29 is 14.3 Å². The number of esters is 1. The molecule has 1 aromatic carbocycles. The Balaban J connectivity index is 2.24. The number of methoxy groups -OCH3 is 1. The second kappa shape index (κ2) is 6.63. The molecule has 6 nitrogen and oxygen atoms in total. The lowest BCUT2D eigenvalue weighted by molar-refractivity contribution is 0.0585. The van der Waals surface area contributed by atoms with E-state index in [1.807, 2.05) is 31.3 Å². The second-order valence-electron chi connectivity index (χ2n) is 3.95. The highest BCUT2D eigenvalue weighted by atomic mass is 16.5. The maximum Gasteiger partial charge on any atom is 0.376 e. The van der Waals surface area contributed by atoms with Gasteiger partial charge in [0, 0.05) is 24.4 Å². The van der Waals surface area contributed by atoms with Crippen molar-refractivity contribution in [3.63, 3.8) is 0 Å². The minimum Gasteiger partial charge on any atom is -0.463 e. The van der Waals surface area contributed by atoms with Gasteiger partial charge in [0.25, 0.3) is 0 Å². The molecule has 0 aliphatic carbocycles. The van der Waals surface area contributed by atoms with Crippen LogP contribution in [-0.2, 0) is 11.3 Å². The van der Waals surface area contributed by atoms with E-state index in [2.05, 4.69) is 20.0 Å². The van der Waals surface area contributed by atoms with Crippen LogP contribution in [0.5, 0.6) is 11.6 Å². The molecule has 0 bridgehead atoms. The van der Waals surface area contributed by atoms with Gasteiger partial charge in [-0.15, -0.1) is 0 Å². The van der Waals surface area contributed by atoms with Crippen molar-refractivity contribution in [2.24, 2.45) is 0 Å². The Morgan fingerprint density at radius 2 is 2.10 bits per heavy atom. The molecule has 0 unspecified atom stereocenters. The van der Waals surface area contributed by atoms with Crippen LogP contribution in [0.25, 0.3) is 0 Å². The van der Waals surface area contributed by atoms with Gasteiger partial charge in [-0.25, -0.2) is 9.78 Å². The van der Waals surface area contributed by atoms with Crippen LogP contribution in [0.3, 0.4) is 0 Å². The molecule has 1 heterocycles. The van der Waals surface area contributed by atoms with Crippen LogP contribution in [0.2, 0.25) is 0 Å². The third kappa shape index (κ3) is 3.30. The number of rotatable bonds is 5. The van der Waals surface area contributed by atoms with Crippen LogP contribution in [-0.4, -0.2) is 30.1 Å². The molecule has 0 saturated heterocycles. The molecular weight excluding hydrogens is 258 g/mol. The predicted molar refractivity (Wildman–Crippen MR) is 72.7 cm³/mol. The molecule has 2 rings (SSSR count). The number of ether oxygens (including phenoxy) is 2. The molecule has 0 radical (unpaired) electrons. The number of nitrogens with one attached hydrogen (secondary N) is 1. The first-order valence-corrected chi connectivity index (χ1v) is 6.06. The Kier molecular flexibility index (Phi) is 4.62. The fourth-order valence-corrected chi connectivity index (χ4v) is 1.64. The van der Waals surface area contributed by atoms with Gasteiger partial charge in [0.1, 0.15) is 5.75 Å². The van der Waals surface area contributed by atoms with Crippen LogP contribution in [0, 0.1) is 0 Å². The largest absolute Gasteiger partial charge is 0.463 e. The summed E-state index contributed by atoms with van der Waals surface area (Å²) >= 11 is 0. The lowest BCUT2D eigenvalue weighted by Crippen LogP contribution is -2.08. The molecule has 0 amide bonds. The molecule has 0 fully saturated rings. The molecule has 104 valence electrons. The molecule has 0 saturated carbocycles. The first-order valence-electron chi connectivity index (χ1n) is 6.06. The highest BCUT2D eigenvalue weighted by Gasteiger charge is 2.11. The van der Waals surface area contributed by atoms with Gasteiger partial charge in [-0.3, -0.25) is 0 Å². The maximum atomic E-state index is 11.4. The predicted octanol–water partition coefficient (Wildman–Crippen LogP) is 1.77. The van der Waals surface area contributed by atoms with Crippen LogP contribution in [0.4, 0.5) is 0 Å². The molecule has 6 heteroatoms. The van der Waals surface area contributed by atoms with Gasteiger partial charge in [0.15, 0.2) is 0 Å². The zero-order valence-corrected chi connectivity index (χ0v) is 11.3. The van der Waals surface area contributed by atoms with Crippen molar-refractivity contribution in [3.8, 4) is 11.6 Å². The second-order valence-corrected chi connectivity index (χ2v) is 3.95. The standard InChI is InChI=1S/C14H15N3O3/c1-15-9-10-5-3-4-6-11(10)20-12-7-8-16-13(17-12)14(18)19-2/h3-8,15H,9H2,1-2H3. The summed E-state index contributed by atoms with van der Waals surface area (Å²) in [5.74, 6) is 0.343. The van der Waals surface area contributed by atoms with Crippen LogP contribution in [0.1, 0.15) is 16.2 Å². The quantitative estimate of drug-likeness (QED) is 0.837. The molecule has 1 aromatic heterocycles. The number of carbonyl (C=O) groups is 1. The van der Waals surface area contributed by atoms with Crippen LogP contribution >= 0.6 is 0 Å². The van der Waals surface area contributed by atoms with Gasteiger partial charge in [-0.05, 0) is 13.1 Å². The fourth-order valence-electron chi connectivity index (χ4n) is 1.64. The Morgan fingerprint density at radius 3 is 2.85 bits per heavy atom. The molecule has 0 spiro atoms. The van der Waals surface area contributed by atoms with E-state index in [0.29, 0.717) is 18.2 Å². The van der Waals surface area contributed by atoms with Crippen LogP contribution in [0.15, 0.2) is 36.5 Å². The van der Waals surface area contributed by atoms with Crippen LogP contribution < -0.4 is 10.1 Å². The van der Waals surface area contributed by atoms with Crippen molar-refractivity contribution in [2.75, 3.05) is 14.2 Å². The van der Waals surface area contributed by atoms with E-state index < -0.39 is 5.97 Å². The number of para-hydroxylation sites is 1. The first kappa shape index (κ1) is 14.0. The molecule has 0 atom stereocenters. The Bertz CT molecular complexity index is 602. The lowest BCUT2D eigenvalue weighted by Gasteiger charge is -2.10. The molecular formula is C14H15N3O3. The summed E-state index contributed by atoms with van der Waals surface area (Å²) in [6.45, 7) is 0.672. The average molecular weight is 273 g/mol. The third-order valence-electron chi connectivity index (χ3n) is 2.55. The zero-order valence-electron chi connectivity index (χ0n) is 11.3. The van der Waals surface area contributed by atoms with E-state index >= 15 is 0 Å². The summed E-state index contributed by atoms with van der Waals surface area (Å²) < 4.78 is 10.3. The summed E-state index contributed by atoms with van der Waals surface area (Å²) in [6.07, 6.45) is 1.45. The zero-order chi connectivity index (χ0) is 14.4. The Hall–Kier alpha value is -2.47. The monoisotopic (exact) mass is 273 g/mol. The number of benzene rings is 1. The average Bonchev–Trinajstić information content (AvgIpc) is 2.49. The minimum atomic E-state index is -0.598. The van der Waals surface area contributed by atoms with E-state index in [1.54, 1.807) is 6.07 Å². The van der Waals surface area contributed by atoms with Crippen molar-refractivity contribution >= 4 is 5.97 Å². The normalized spacial score (nSPS) is 10.1. The lowest BCUT2D eigenvalue weighted by atomic mass is 10.2. The molecule has 20 heavy (non-hydrogen) atoms. The smallest absolute Gasteiger partial charge is 0.376 e. The van der Waals surface area contributed by atoms with E-state index in [0.717, 1.165) is 5.56 Å². The van der Waals surface area contributed by atoms with E-state index in [9.17, 15) is 4.79 Å². The summed E-state index contributed by atoms with van der Waals surface area (Å²) in [5.41, 5.74) is 0.994. The molecule has 0 aliphatic rings. The summed E-state index contributed by atoms with van der Waals surface area (Å²) in [4.78, 5) is 19.2. The topological polar surface area (TPSA) is 73.3 Å². The highest BCUT2D eigenvalue weighted by molar-refractivity contribution is 5.85. The summed E-state index contributed by atoms with van der Waals surface area (Å²) in [5, 5.41) is 3.06. The van der Waals surface area contributed by atoms with Gasteiger partial charge in [-0.1, -0.05) is 18.2 Å². The van der Waals surface area contributed by atoms with E-state index in [4.69, 9.17) is 4.74 Å². The number of hydrogen-bond donors (Lipinski definition) is 1. The van der Waals surface area contributed by atoms with Crippen molar-refractivity contribution in [1.82, 2.24) is 15.3 Å². The number of carbonyl (C=O) groups excluding carboxylic acids is 1. The molecule has 0 aliphatic heterocycles. The third-order valence-corrected chi connectivity index (χ3v) is 2.55. The SMILES string of the molecule is CNCc1ccccc1Oc1ccnc(C(=O)OC)n1. The van der Waals surface area contributed by atoms with Gasteiger partial charge in [-0.2, -0.15) is 4.98 Å². The maximum absolute atomic E-state index is 11.4. The number of aromatic nitrogens is 2. The summed E-state index contributed by atoms with van der Waals surface area (Å²) in [6, 6.07) is 9.18. The Morgan fingerprint density at radius 1 is 1.30 bits per heavy atom. The first-order chi connectivity index (χ1) is 9.74. The van der Waals surface area contributed by atoms with Gasteiger partial charge >= 0.3 is 5.97 Å². The fraction of sp³-hybridized carbons (Fsp3) is 0.214. The van der Waals surface area contributed by atoms with E-state index in [1.165, 1.54) is 13.3 Å². The van der Waals surface area contributed by atoms with Crippen molar-refractivity contribution in [3.05, 3.63) is 47.9 Å². The highest BCUT2D eigenvalue weighted by Crippen LogP contribution is 2.23. The Labute approximate surface area is 116 Å². The molecule has 1 N–H and O–H groups in total. The van der Waals surface area contributed by atoms with Crippen molar-refractivity contribution in [1.29, 1.82) is 0 Å².